The van der Waals surface area contributed by atoms with Crippen molar-refractivity contribution < 1.29 is 9.53 Å². The van der Waals surface area contributed by atoms with Gasteiger partial charge in [-0.1, -0.05) is 30.3 Å². The lowest BCUT2D eigenvalue weighted by Gasteiger charge is -2.43. The third-order valence-electron chi connectivity index (χ3n) is 4.50. The summed E-state index contributed by atoms with van der Waals surface area (Å²) in [5, 5.41) is 0. The molecule has 1 heterocycles. The van der Waals surface area contributed by atoms with Gasteiger partial charge >= 0.3 is 0 Å². The SMILES string of the molecule is COC=CC(=O)N1C[C@@H](C)N(CCCc2ccccc2)C[C@@H]1C. The smallest absolute Gasteiger partial charge is 0.249 e. The summed E-state index contributed by atoms with van der Waals surface area (Å²) in [5.74, 6) is 0.0372. The molecule has 23 heavy (non-hydrogen) atoms. The monoisotopic (exact) mass is 316 g/mol. The minimum absolute atomic E-state index is 0.0372. The van der Waals surface area contributed by atoms with Crippen LogP contribution in [0.5, 0.6) is 0 Å². The van der Waals surface area contributed by atoms with E-state index in [4.69, 9.17) is 4.74 Å². The summed E-state index contributed by atoms with van der Waals surface area (Å²) >= 11 is 0. The maximum absolute atomic E-state index is 12.2. The second-order valence-electron chi connectivity index (χ2n) is 6.31. The molecule has 1 amide bonds. The third kappa shape index (κ3) is 5.10. The molecule has 2 rings (SSSR count). The molecule has 0 aliphatic carbocycles. The van der Waals surface area contributed by atoms with Gasteiger partial charge in [0.15, 0.2) is 0 Å². The maximum atomic E-state index is 12.2. The fourth-order valence-corrected chi connectivity index (χ4v) is 3.17. The zero-order valence-corrected chi connectivity index (χ0v) is 14.4. The van der Waals surface area contributed by atoms with Gasteiger partial charge in [-0.25, -0.2) is 0 Å². The number of piperazine rings is 1. The van der Waals surface area contributed by atoms with Crippen LogP contribution in [0, 0.1) is 0 Å². The lowest BCUT2D eigenvalue weighted by atomic mass is 10.1. The Hall–Kier alpha value is -1.81. The number of aryl methyl sites for hydroxylation is 1. The topological polar surface area (TPSA) is 32.8 Å². The summed E-state index contributed by atoms with van der Waals surface area (Å²) in [6, 6.07) is 11.2. The van der Waals surface area contributed by atoms with Crippen LogP contribution in [0.1, 0.15) is 25.8 Å². The first-order chi connectivity index (χ1) is 11.1. The molecule has 0 N–H and O–H groups in total. The Morgan fingerprint density at radius 2 is 1.96 bits per heavy atom. The molecule has 2 atom stereocenters. The maximum Gasteiger partial charge on any atom is 0.249 e. The van der Waals surface area contributed by atoms with Gasteiger partial charge < -0.3 is 9.64 Å². The Kier molecular flexibility index (Phi) is 6.66. The van der Waals surface area contributed by atoms with Gasteiger partial charge in [0, 0.05) is 31.2 Å². The molecular formula is C19H28N2O2. The second-order valence-corrected chi connectivity index (χ2v) is 6.31. The van der Waals surface area contributed by atoms with Gasteiger partial charge in [-0.3, -0.25) is 9.69 Å². The fourth-order valence-electron chi connectivity index (χ4n) is 3.17. The van der Waals surface area contributed by atoms with Crippen LogP contribution >= 0.6 is 0 Å². The van der Waals surface area contributed by atoms with Crippen LogP contribution in [0.4, 0.5) is 0 Å². The van der Waals surface area contributed by atoms with Crippen molar-refractivity contribution in [3.8, 4) is 0 Å². The molecule has 0 unspecified atom stereocenters. The molecule has 1 aromatic carbocycles. The van der Waals surface area contributed by atoms with E-state index in [1.165, 1.54) is 17.9 Å². The van der Waals surface area contributed by atoms with Crippen molar-refractivity contribution in [2.45, 2.75) is 38.8 Å². The van der Waals surface area contributed by atoms with Crippen molar-refractivity contribution in [2.24, 2.45) is 0 Å². The second kappa shape index (κ2) is 8.73. The van der Waals surface area contributed by atoms with Crippen LogP contribution in [0.2, 0.25) is 0 Å². The normalized spacial score (nSPS) is 22.5. The standard InChI is InChI=1S/C19H28N2O2/c1-16-15-21(19(22)11-13-23-3)17(2)14-20(16)12-7-10-18-8-5-4-6-9-18/h4-6,8-9,11,13,16-17H,7,10,12,14-15H2,1-3H3/t16-,17+/m1/s1. The molecule has 0 saturated carbocycles. The fraction of sp³-hybridized carbons (Fsp3) is 0.526. The van der Waals surface area contributed by atoms with E-state index in [2.05, 4.69) is 49.1 Å². The highest BCUT2D eigenvalue weighted by Crippen LogP contribution is 2.16. The highest BCUT2D eigenvalue weighted by Gasteiger charge is 2.30. The summed E-state index contributed by atoms with van der Waals surface area (Å²) in [5.41, 5.74) is 1.40. The van der Waals surface area contributed by atoms with Crippen LogP contribution in [0.25, 0.3) is 0 Å². The summed E-state index contributed by atoms with van der Waals surface area (Å²) < 4.78 is 4.84. The molecule has 0 spiro atoms. The number of benzene rings is 1. The Morgan fingerprint density at radius 1 is 1.22 bits per heavy atom. The van der Waals surface area contributed by atoms with Gasteiger partial charge in [-0.2, -0.15) is 0 Å². The first-order valence-corrected chi connectivity index (χ1v) is 8.39. The molecule has 4 heteroatoms. The number of hydrogen-bond acceptors (Lipinski definition) is 3. The predicted octanol–water partition coefficient (Wildman–Crippen LogP) is 2.70. The van der Waals surface area contributed by atoms with E-state index in [1.54, 1.807) is 7.11 Å². The number of carbonyl (C=O) groups excluding carboxylic acids is 1. The first-order valence-electron chi connectivity index (χ1n) is 8.39. The van der Waals surface area contributed by atoms with E-state index in [0.717, 1.165) is 32.5 Å². The average molecular weight is 316 g/mol. The summed E-state index contributed by atoms with van der Waals surface area (Å²) in [4.78, 5) is 16.6. The number of methoxy groups -OCH3 is 1. The number of amides is 1. The average Bonchev–Trinajstić information content (AvgIpc) is 2.56. The Morgan fingerprint density at radius 3 is 2.65 bits per heavy atom. The minimum Gasteiger partial charge on any atom is -0.504 e. The lowest BCUT2D eigenvalue weighted by Crippen LogP contribution is -2.57. The number of rotatable bonds is 6. The number of ether oxygens (including phenoxy) is 1. The van der Waals surface area contributed by atoms with Gasteiger partial charge in [0.1, 0.15) is 0 Å². The summed E-state index contributed by atoms with van der Waals surface area (Å²) in [7, 11) is 1.56. The van der Waals surface area contributed by atoms with Crippen molar-refractivity contribution in [1.82, 2.24) is 9.80 Å². The molecule has 1 aliphatic rings. The van der Waals surface area contributed by atoms with Gasteiger partial charge in [0.2, 0.25) is 5.91 Å². The molecule has 0 radical (unpaired) electrons. The van der Waals surface area contributed by atoms with E-state index >= 15 is 0 Å². The molecule has 0 bridgehead atoms. The van der Waals surface area contributed by atoms with Crippen molar-refractivity contribution in [2.75, 3.05) is 26.7 Å². The van der Waals surface area contributed by atoms with Crippen molar-refractivity contribution in [1.29, 1.82) is 0 Å². The van der Waals surface area contributed by atoms with E-state index in [9.17, 15) is 4.79 Å². The van der Waals surface area contributed by atoms with Crippen LogP contribution in [0.3, 0.4) is 0 Å². The molecule has 4 nitrogen and oxygen atoms in total. The third-order valence-corrected chi connectivity index (χ3v) is 4.50. The molecular weight excluding hydrogens is 288 g/mol. The van der Waals surface area contributed by atoms with Crippen LogP contribution < -0.4 is 0 Å². The largest absolute Gasteiger partial charge is 0.504 e. The van der Waals surface area contributed by atoms with Gasteiger partial charge in [-0.15, -0.1) is 0 Å². The summed E-state index contributed by atoms with van der Waals surface area (Å²) in [6.07, 6.45) is 5.22. The van der Waals surface area contributed by atoms with E-state index in [0.29, 0.717) is 6.04 Å². The molecule has 126 valence electrons. The first kappa shape index (κ1) is 17.5. The predicted molar refractivity (Wildman–Crippen MR) is 93.1 cm³/mol. The van der Waals surface area contributed by atoms with Crippen LogP contribution in [-0.4, -0.2) is 54.5 Å². The molecule has 1 fully saturated rings. The zero-order chi connectivity index (χ0) is 16.7. The number of carbonyl (C=O) groups is 1. The van der Waals surface area contributed by atoms with Gasteiger partial charge in [-0.05, 0) is 38.8 Å². The van der Waals surface area contributed by atoms with Crippen LogP contribution in [0.15, 0.2) is 42.7 Å². The minimum atomic E-state index is 0.0372. The molecule has 1 aliphatic heterocycles. The molecule has 1 saturated heterocycles. The lowest BCUT2D eigenvalue weighted by molar-refractivity contribution is -0.131. The van der Waals surface area contributed by atoms with Gasteiger partial charge in [0.25, 0.3) is 0 Å². The Balaban J connectivity index is 1.82. The Bertz CT molecular complexity index is 515. The summed E-state index contributed by atoms with van der Waals surface area (Å²) in [6.45, 7) is 7.11. The van der Waals surface area contributed by atoms with Crippen molar-refractivity contribution >= 4 is 5.91 Å². The molecule has 1 aromatic rings. The quantitative estimate of drug-likeness (QED) is 0.597. The van der Waals surface area contributed by atoms with E-state index < -0.39 is 0 Å². The van der Waals surface area contributed by atoms with Crippen LogP contribution in [-0.2, 0) is 16.0 Å². The van der Waals surface area contributed by atoms with E-state index in [-0.39, 0.29) is 11.9 Å². The Labute approximate surface area is 139 Å². The van der Waals surface area contributed by atoms with Gasteiger partial charge in [0.05, 0.1) is 13.4 Å². The number of nitrogens with zero attached hydrogens (tertiary/aromatic N) is 2. The highest BCUT2D eigenvalue weighted by atomic mass is 16.5. The zero-order valence-electron chi connectivity index (χ0n) is 14.4. The highest BCUT2D eigenvalue weighted by molar-refractivity contribution is 5.87. The van der Waals surface area contributed by atoms with E-state index in [1.807, 2.05) is 4.90 Å². The van der Waals surface area contributed by atoms with Crippen molar-refractivity contribution in [3.05, 3.63) is 48.2 Å². The number of hydrogen-bond donors (Lipinski definition) is 0. The van der Waals surface area contributed by atoms with Crippen molar-refractivity contribution in [3.63, 3.8) is 0 Å². The molecule has 0 aromatic heterocycles.